The molecule has 1 aromatic carbocycles. The number of carbonyl (C=O) groups is 1. The van der Waals surface area contributed by atoms with Crippen molar-refractivity contribution in [3.63, 3.8) is 0 Å². The van der Waals surface area contributed by atoms with Crippen molar-refractivity contribution in [1.29, 1.82) is 0 Å². The van der Waals surface area contributed by atoms with Gasteiger partial charge in [0.05, 0.1) is 0 Å². The van der Waals surface area contributed by atoms with Gasteiger partial charge in [-0.1, -0.05) is 12.1 Å². The Bertz CT molecular complexity index is 541. The quantitative estimate of drug-likeness (QED) is 0.929. The molecule has 1 aliphatic rings. The maximum Gasteiger partial charge on any atom is 0.405 e. The predicted octanol–water partition coefficient (Wildman–Crippen LogP) is 2.46. The topological polar surface area (TPSA) is 47.6 Å². The molecule has 0 fully saturated rings. The van der Waals surface area contributed by atoms with Crippen LogP contribution in [0.4, 0.5) is 13.2 Å². The number of amides is 1. The molecule has 1 N–H and O–H groups in total. The number of halogens is 3. The Morgan fingerprint density at radius 1 is 1.43 bits per heavy atom. The van der Waals surface area contributed by atoms with E-state index in [1.54, 1.807) is 17.4 Å². The smallest absolute Gasteiger partial charge is 0.405 e. The van der Waals surface area contributed by atoms with Crippen molar-refractivity contribution in [2.24, 2.45) is 0 Å². The van der Waals surface area contributed by atoms with Gasteiger partial charge in [0.2, 0.25) is 0 Å². The average Bonchev–Trinajstić information content (AvgIpc) is 2.67. The highest BCUT2D eigenvalue weighted by molar-refractivity contribution is 5.77. The van der Waals surface area contributed by atoms with Crippen LogP contribution in [0.1, 0.15) is 19.4 Å². The largest absolute Gasteiger partial charge is 0.483 e. The van der Waals surface area contributed by atoms with Crippen LogP contribution in [0.3, 0.4) is 0 Å². The average molecular weight is 303 g/mol. The normalized spacial score (nSPS) is 16.0. The van der Waals surface area contributed by atoms with Gasteiger partial charge in [-0.3, -0.25) is 4.79 Å². The zero-order valence-corrected chi connectivity index (χ0v) is 11.7. The lowest BCUT2D eigenvalue weighted by molar-refractivity contribution is -0.139. The van der Waals surface area contributed by atoms with Crippen molar-refractivity contribution in [1.82, 2.24) is 5.32 Å². The van der Waals surface area contributed by atoms with Gasteiger partial charge in [-0.25, -0.2) is 0 Å². The first-order valence-corrected chi connectivity index (χ1v) is 6.43. The molecule has 4 nitrogen and oxygen atoms in total. The fourth-order valence-electron chi connectivity index (χ4n) is 2.09. The highest BCUT2D eigenvalue weighted by atomic mass is 19.4. The van der Waals surface area contributed by atoms with E-state index in [-0.39, 0.29) is 5.60 Å². The molecular weight excluding hydrogens is 287 g/mol. The van der Waals surface area contributed by atoms with Gasteiger partial charge in [0, 0.05) is 12.0 Å². The van der Waals surface area contributed by atoms with Crippen LogP contribution in [0.2, 0.25) is 0 Å². The van der Waals surface area contributed by atoms with E-state index in [4.69, 9.17) is 9.47 Å². The fourth-order valence-corrected chi connectivity index (χ4v) is 2.09. The Kier molecular flexibility index (Phi) is 4.02. The van der Waals surface area contributed by atoms with Gasteiger partial charge in [-0.05, 0) is 19.9 Å². The number of hydrogen-bond acceptors (Lipinski definition) is 3. The second kappa shape index (κ2) is 5.46. The minimum atomic E-state index is -4.43. The van der Waals surface area contributed by atoms with Crippen LogP contribution in [-0.2, 0) is 11.2 Å². The summed E-state index contributed by atoms with van der Waals surface area (Å²) in [7, 11) is 0. The minimum Gasteiger partial charge on any atom is -0.483 e. The third kappa shape index (κ3) is 4.27. The maximum atomic E-state index is 12.0. The third-order valence-electron chi connectivity index (χ3n) is 2.90. The maximum absolute atomic E-state index is 12.0. The molecule has 1 aliphatic heterocycles. The summed E-state index contributed by atoms with van der Waals surface area (Å²) in [5.74, 6) is 0.0774. The van der Waals surface area contributed by atoms with E-state index in [9.17, 15) is 18.0 Å². The summed E-state index contributed by atoms with van der Waals surface area (Å²) in [4.78, 5) is 11.3. The SMILES string of the molecule is CC1(C)Cc2cccc(OCC(=O)NCC(F)(F)F)c2O1. The lowest BCUT2D eigenvalue weighted by Crippen LogP contribution is -2.36. The molecule has 1 aromatic rings. The number of para-hydroxylation sites is 1. The number of fused-ring (bicyclic) bond motifs is 1. The first-order chi connectivity index (χ1) is 9.66. The summed E-state index contributed by atoms with van der Waals surface area (Å²) >= 11 is 0. The highest BCUT2D eigenvalue weighted by Crippen LogP contribution is 2.41. The number of alkyl halides is 3. The standard InChI is InChI=1S/C14H16F3NO3/c1-13(2)6-9-4-3-5-10(12(9)21-13)20-7-11(19)18-8-14(15,16)17/h3-5H,6-8H2,1-2H3,(H,18,19). The van der Waals surface area contributed by atoms with Gasteiger partial charge in [-0.15, -0.1) is 0 Å². The van der Waals surface area contributed by atoms with Crippen LogP contribution in [0.25, 0.3) is 0 Å². The zero-order chi connectivity index (χ0) is 15.7. The van der Waals surface area contributed by atoms with E-state index in [0.29, 0.717) is 17.9 Å². The molecule has 1 heterocycles. The molecule has 0 saturated heterocycles. The van der Waals surface area contributed by atoms with Crippen LogP contribution in [0.5, 0.6) is 11.5 Å². The van der Waals surface area contributed by atoms with E-state index in [0.717, 1.165) is 5.56 Å². The van der Waals surface area contributed by atoms with Crippen molar-refractivity contribution in [2.45, 2.75) is 32.0 Å². The van der Waals surface area contributed by atoms with Crippen LogP contribution >= 0.6 is 0 Å². The van der Waals surface area contributed by atoms with Crippen molar-refractivity contribution in [2.75, 3.05) is 13.2 Å². The Balaban J connectivity index is 1.94. The number of rotatable bonds is 4. The Morgan fingerprint density at radius 3 is 2.81 bits per heavy atom. The predicted molar refractivity (Wildman–Crippen MR) is 69.4 cm³/mol. The highest BCUT2D eigenvalue weighted by Gasteiger charge is 2.32. The van der Waals surface area contributed by atoms with Gasteiger partial charge in [0.1, 0.15) is 12.1 Å². The number of benzene rings is 1. The lowest BCUT2D eigenvalue weighted by atomic mass is 10.0. The summed E-state index contributed by atoms with van der Waals surface area (Å²) in [5.41, 5.74) is 0.591. The molecule has 21 heavy (non-hydrogen) atoms. The summed E-state index contributed by atoms with van der Waals surface area (Å²) < 4.78 is 46.9. The van der Waals surface area contributed by atoms with Crippen molar-refractivity contribution < 1.29 is 27.4 Å². The molecular formula is C14H16F3NO3. The fraction of sp³-hybridized carbons (Fsp3) is 0.500. The van der Waals surface area contributed by atoms with Crippen LogP contribution in [-0.4, -0.2) is 30.8 Å². The molecule has 0 aliphatic carbocycles. The van der Waals surface area contributed by atoms with Gasteiger partial charge in [-0.2, -0.15) is 13.2 Å². The first-order valence-electron chi connectivity index (χ1n) is 6.43. The van der Waals surface area contributed by atoms with Crippen LogP contribution in [0, 0.1) is 0 Å². The third-order valence-corrected chi connectivity index (χ3v) is 2.90. The monoisotopic (exact) mass is 303 g/mol. The summed E-state index contributed by atoms with van der Waals surface area (Å²) in [6.07, 6.45) is -3.73. The number of carbonyl (C=O) groups excluding carboxylic acids is 1. The molecule has 1 amide bonds. The summed E-state index contributed by atoms with van der Waals surface area (Å²) in [6, 6.07) is 5.27. The van der Waals surface area contributed by atoms with Crippen LogP contribution < -0.4 is 14.8 Å². The first kappa shape index (κ1) is 15.5. The number of hydrogen-bond donors (Lipinski definition) is 1. The molecule has 0 atom stereocenters. The minimum absolute atomic E-state index is 0.361. The number of nitrogens with one attached hydrogen (secondary N) is 1. The van der Waals surface area contributed by atoms with E-state index < -0.39 is 25.2 Å². The van der Waals surface area contributed by atoms with E-state index in [1.807, 2.05) is 19.9 Å². The molecule has 0 saturated carbocycles. The van der Waals surface area contributed by atoms with E-state index in [1.165, 1.54) is 0 Å². The molecule has 7 heteroatoms. The van der Waals surface area contributed by atoms with Gasteiger partial charge in [0.25, 0.3) is 5.91 Å². The Hall–Kier alpha value is -1.92. The molecule has 2 rings (SSSR count). The zero-order valence-electron chi connectivity index (χ0n) is 11.7. The van der Waals surface area contributed by atoms with Gasteiger partial charge in [0.15, 0.2) is 18.1 Å². The van der Waals surface area contributed by atoms with Gasteiger partial charge >= 0.3 is 6.18 Å². The summed E-state index contributed by atoms with van der Waals surface area (Å²) in [5, 5.41) is 1.75. The molecule has 116 valence electrons. The molecule has 0 spiro atoms. The van der Waals surface area contributed by atoms with Crippen molar-refractivity contribution >= 4 is 5.91 Å². The molecule has 0 radical (unpaired) electrons. The Labute approximate surface area is 120 Å². The van der Waals surface area contributed by atoms with E-state index >= 15 is 0 Å². The Morgan fingerprint density at radius 2 is 2.14 bits per heavy atom. The summed E-state index contributed by atoms with van der Waals surface area (Å²) in [6.45, 7) is 1.99. The van der Waals surface area contributed by atoms with Gasteiger partial charge < -0.3 is 14.8 Å². The molecule has 0 bridgehead atoms. The molecule has 0 unspecified atom stereocenters. The van der Waals surface area contributed by atoms with Crippen molar-refractivity contribution in [3.8, 4) is 11.5 Å². The van der Waals surface area contributed by atoms with Crippen LogP contribution in [0.15, 0.2) is 18.2 Å². The number of ether oxygens (including phenoxy) is 2. The second-order valence-electron chi connectivity index (χ2n) is 5.46. The van der Waals surface area contributed by atoms with E-state index in [2.05, 4.69) is 0 Å². The molecule has 0 aromatic heterocycles. The lowest BCUT2D eigenvalue weighted by Gasteiger charge is -2.18. The van der Waals surface area contributed by atoms with Crippen molar-refractivity contribution in [3.05, 3.63) is 23.8 Å². The second-order valence-corrected chi connectivity index (χ2v) is 5.46.